The zero-order valence-electron chi connectivity index (χ0n) is 8.22. The highest BCUT2D eigenvalue weighted by Crippen LogP contribution is 2.29. The van der Waals surface area contributed by atoms with Crippen LogP contribution in [0.1, 0.15) is 33.6 Å². The van der Waals surface area contributed by atoms with Crippen molar-refractivity contribution in [3.63, 3.8) is 0 Å². The van der Waals surface area contributed by atoms with Gasteiger partial charge in [0.15, 0.2) is 0 Å². The molecule has 0 radical (unpaired) electrons. The molecule has 1 N–H and O–H groups in total. The second-order valence-corrected chi connectivity index (χ2v) is 3.63. The lowest BCUT2D eigenvalue weighted by Crippen LogP contribution is -2.11. The Labute approximate surface area is 74.8 Å². The third kappa shape index (κ3) is 1.78. The molecule has 1 nitrogen and oxygen atoms in total. The van der Waals surface area contributed by atoms with Crippen LogP contribution in [0.2, 0.25) is 0 Å². The molecule has 1 aliphatic rings. The van der Waals surface area contributed by atoms with Crippen molar-refractivity contribution in [1.82, 2.24) is 0 Å². The van der Waals surface area contributed by atoms with Crippen molar-refractivity contribution in [2.75, 3.05) is 6.61 Å². The lowest BCUT2D eigenvalue weighted by Gasteiger charge is -2.22. The second-order valence-electron chi connectivity index (χ2n) is 3.63. The molecule has 0 aromatic rings. The van der Waals surface area contributed by atoms with Crippen molar-refractivity contribution in [2.45, 2.75) is 33.6 Å². The number of allylic oxidation sites excluding steroid dienone is 3. The SMILES string of the molecule is CCC1=CC(C)=C(CO)C(C)C1. The van der Waals surface area contributed by atoms with Gasteiger partial charge in [-0.25, -0.2) is 0 Å². The molecule has 0 saturated carbocycles. The third-order valence-electron chi connectivity index (χ3n) is 2.71. The van der Waals surface area contributed by atoms with Gasteiger partial charge in [-0.1, -0.05) is 25.5 Å². The predicted octanol–water partition coefficient (Wildman–Crippen LogP) is 2.67. The molecular weight excluding hydrogens is 148 g/mol. The van der Waals surface area contributed by atoms with E-state index in [-0.39, 0.29) is 6.61 Å². The van der Waals surface area contributed by atoms with E-state index in [9.17, 15) is 0 Å². The van der Waals surface area contributed by atoms with Gasteiger partial charge in [0.2, 0.25) is 0 Å². The van der Waals surface area contributed by atoms with Gasteiger partial charge in [-0.2, -0.15) is 0 Å². The maximum Gasteiger partial charge on any atom is 0.0650 e. The Morgan fingerprint density at radius 2 is 2.25 bits per heavy atom. The smallest absolute Gasteiger partial charge is 0.0650 e. The molecule has 0 saturated heterocycles. The Morgan fingerprint density at radius 3 is 2.67 bits per heavy atom. The summed E-state index contributed by atoms with van der Waals surface area (Å²) in [5, 5.41) is 9.10. The molecule has 12 heavy (non-hydrogen) atoms. The molecule has 0 fully saturated rings. The van der Waals surface area contributed by atoms with Crippen molar-refractivity contribution in [3.8, 4) is 0 Å². The van der Waals surface area contributed by atoms with Crippen LogP contribution in [0.15, 0.2) is 22.8 Å². The normalized spacial score (nSPS) is 24.3. The molecule has 1 heteroatoms. The minimum Gasteiger partial charge on any atom is -0.392 e. The van der Waals surface area contributed by atoms with E-state index >= 15 is 0 Å². The number of rotatable bonds is 2. The molecule has 0 bridgehead atoms. The zero-order chi connectivity index (χ0) is 9.14. The summed E-state index contributed by atoms with van der Waals surface area (Å²) in [6, 6.07) is 0. The van der Waals surface area contributed by atoms with Crippen molar-refractivity contribution >= 4 is 0 Å². The third-order valence-corrected chi connectivity index (χ3v) is 2.71. The zero-order valence-corrected chi connectivity index (χ0v) is 8.22. The summed E-state index contributed by atoms with van der Waals surface area (Å²) in [5.74, 6) is 0.537. The quantitative estimate of drug-likeness (QED) is 0.668. The summed E-state index contributed by atoms with van der Waals surface area (Å²) < 4.78 is 0. The summed E-state index contributed by atoms with van der Waals surface area (Å²) in [7, 11) is 0. The lowest BCUT2D eigenvalue weighted by atomic mass is 9.84. The fourth-order valence-electron chi connectivity index (χ4n) is 1.89. The Balaban J connectivity index is 2.89. The first-order valence-corrected chi connectivity index (χ1v) is 4.69. The van der Waals surface area contributed by atoms with Gasteiger partial charge in [0.25, 0.3) is 0 Å². The largest absolute Gasteiger partial charge is 0.392 e. The first-order chi connectivity index (χ1) is 5.69. The maximum atomic E-state index is 9.10. The van der Waals surface area contributed by atoms with Crippen LogP contribution in [0.4, 0.5) is 0 Å². The number of aliphatic hydroxyl groups is 1. The van der Waals surface area contributed by atoms with Gasteiger partial charge in [0.05, 0.1) is 6.61 Å². The average molecular weight is 166 g/mol. The van der Waals surface area contributed by atoms with Crippen molar-refractivity contribution in [2.24, 2.45) is 5.92 Å². The first kappa shape index (κ1) is 9.53. The first-order valence-electron chi connectivity index (χ1n) is 4.69. The van der Waals surface area contributed by atoms with Gasteiger partial charge in [-0.15, -0.1) is 0 Å². The number of aliphatic hydroxyl groups excluding tert-OH is 1. The van der Waals surface area contributed by atoms with Crippen LogP contribution in [0.3, 0.4) is 0 Å². The fourth-order valence-corrected chi connectivity index (χ4v) is 1.89. The summed E-state index contributed by atoms with van der Waals surface area (Å²) in [4.78, 5) is 0. The molecule has 1 atom stereocenters. The minimum absolute atomic E-state index is 0.223. The Kier molecular flexibility index (Phi) is 3.10. The molecule has 0 aliphatic heterocycles. The highest BCUT2D eigenvalue weighted by Gasteiger charge is 2.16. The van der Waals surface area contributed by atoms with Crippen molar-refractivity contribution in [3.05, 3.63) is 22.8 Å². The second kappa shape index (κ2) is 3.90. The lowest BCUT2D eigenvalue weighted by molar-refractivity contribution is 0.313. The molecule has 0 heterocycles. The number of hydrogen-bond acceptors (Lipinski definition) is 1. The molecule has 0 aromatic heterocycles. The van der Waals surface area contributed by atoms with E-state index in [1.807, 2.05) is 0 Å². The van der Waals surface area contributed by atoms with Gasteiger partial charge in [-0.05, 0) is 36.8 Å². The molecule has 1 aliphatic carbocycles. The Hall–Kier alpha value is -0.560. The minimum atomic E-state index is 0.223. The monoisotopic (exact) mass is 166 g/mol. The maximum absolute atomic E-state index is 9.10. The van der Waals surface area contributed by atoms with Crippen LogP contribution in [0, 0.1) is 5.92 Å². The summed E-state index contributed by atoms with van der Waals surface area (Å²) in [6.45, 7) is 6.70. The van der Waals surface area contributed by atoms with E-state index in [0.29, 0.717) is 5.92 Å². The van der Waals surface area contributed by atoms with E-state index in [0.717, 1.165) is 12.8 Å². The van der Waals surface area contributed by atoms with Gasteiger partial charge in [-0.3, -0.25) is 0 Å². The Morgan fingerprint density at radius 1 is 1.58 bits per heavy atom. The van der Waals surface area contributed by atoms with Crippen LogP contribution in [-0.4, -0.2) is 11.7 Å². The molecule has 0 spiro atoms. The van der Waals surface area contributed by atoms with Gasteiger partial charge in [0.1, 0.15) is 0 Å². The topological polar surface area (TPSA) is 20.2 Å². The molecule has 0 aromatic carbocycles. The van der Waals surface area contributed by atoms with Crippen LogP contribution in [0.5, 0.6) is 0 Å². The summed E-state index contributed by atoms with van der Waals surface area (Å²) in [5.41, 5.74) is 4.00. The van der Waals surface area contributed by atoms with Crippen molar-refractivity contribution in [1.29, 1.82) is 0 Å². The van der Waals surface area contributed by atoms with Crippen LogP contribution >= 0.6 is 0 Å². The summed E-state index contributed by atoms with van der Waals surface area (Å²) >= 11 is 0. The molecular formula is C11H18O. The van der Waals surface area contributed by atoms with Gasteiger partial charge in [0, 0.05) is 0 Å². The Bertz CT molecular complexity index is 223. The van der Waals surface area contributed by atoms with Crippen molar-refractivity contribution < 1.29 is 5.11 Å². The van der Waals surface area contributed by atoms with Gasteiger partial charge < -0.3 is 5.11 Å². The average Bonchev–Trinajstić information content (AvgIpc) is 2.03. The molecule has 1 unspecified atom stereocenters. The summed E-state index contributed by atoms with van der Waals surface area (Å²) in [6.07, 6.45) is 4.50. The van der Waals surface area contributed by atoms with E-state index in [4.69, 9.17) is 5.11 Å². The van der Waals surface area contributed by atoms with E-state index < -0.39 is 0 Å². The van der Waals surface area contributed by atoms with E-state index in [1.54, 1.807) is 0 Å². The standard InChI is InChI=1S/C11H18O/c1-4-10-5-8(2)11(7-12)9(3)6-10/h5,9,12H,4,6-7H2,1-3H3. The van der Waals surface area contributed by atoms with E-state index in [1.165, 1.54) is 16.7 Å². The molecule has 0 amide bonds. The highest BCUT2D eigenvalue weighted by atomic mass is 16.3. The fraction of sp³-hybridized carbons (Fsp3) is 0.636. The predicted molar refractivity (Wildman–Crippen MR) is 51.9 cm³/mol. The van der Waals surface area contributed by atoms with E-state index in [2.05, 4.69) is 26.8 Å². The van der Waals surface area contributed by atoms with Crippen LogP contribution < -0.4 is 0 Å². The van der Waals surface area contributed by atoms with Crippen LogP contribution in [0.25, 0.3) is 0 Å². The number of hydrogen-bond donors (Lipinski definition) is 1. The van der Waals surface area contributed by atoms with Crippen LogP contribution in [-0.2, 0) is 0 Å². The highest BCUT2D eigenvalue weighted by molar-refractivity contribution is 5.33. The van der Waals surface area contributed by atoms with Gasteiger partial charge >= 0.3 is 0 Å². The molecule has 68 valence electrons. The molecule has 1 rings (SSSR count).